The van der Waals surface area contributed by atoms with Crippen LogP contribution < -0.4 is 0 Å². The van der Waals surface area contributed by atoms with E-state index in [0.29, 0.717) is 13.1 Å². The molecule has 0 spiro atoms. The molecule has 0 unspecified atom stereocenters. The highest BCUT2D eigenvalue weighted by atomic mass is 16.6. The smallest absolute Gasteiger partial charge is 0.410 e. The predicted octanol–water partition coefficient (Wildman–Crippen LogP) is 3.45. The van der Waals surface area contributed by atoms with Crippen molar-refractivity contribution in [3.8, 4) is 0 Å². The second kappa shape index (κ2) is 7.24. The van der Waals surface area contributed by atoms with E-state index in [4.69, 9.17) is 9.84 Å². The topological polar surface area (TPSA) is 79.7 Å². The Balaban J connectivity index is 0.000000745. The van der Waals surface area contributed by atoms with E-state index in [1.807, 2.05) is 0 Å². The summed E-state index contributed by atoms with van der Waals surface area (Å²) in [7, 11) is 0. The summed E-state index contributed by atoms with van der Waals surface area (Å²) in [5.74, 6) is -1.02. The Morgan fingerprint density at radius 1 is 1.32 bits per heavy atom. The van der Waals surface area contributed by atoms with E-state index in [2.05, 4.69) is 18.8 Å². The molecule has 0 fully saturated rings. The van der Waals surface area contributed by atoms with E-state index >= 15 is 0 Å². The van der Waals surface area contributed by atoms with Crippen molar-refractivity contribution in [3.63, 3.8) is 0 Å². The average Bonchev–Trinajstić information content (AvgIpc) is 2.80. The van der Waals surface area contributed by atoms with Crippen LogP contribution in [0.2, 0.25) is 0 Å². The second-order valence-corrected chi connectivity index (χ2v) is 6.18. The van der Waals surface area contributed by atoms with Crippen molar-refractivity contribution in [3.05, 3.63) is 29.1 Å². The molecule has 1 aliphatic heterocycles. The maximum atomic E-state index is 11.9. The number of rotatable bonds is 1. The molecular weight excluding hydrogens is 284 g/mol. The number of ether oxygens (including phenoxy) is 1. The van der Waals surface area contributed by atoms with E-state index < -0.39 is 17.7 Å². The second-order valence-electron chi connectivity index (χ2n) is 6.18. The van der Waals surface area contributed by atoms with Crippen LogP contribution in [0.15, 0.2) is 12.3 Å². The standard InChI is InChI=1S/C13H16N2O4.C3H8/c1-13(2,3)19-12(18)15-6-9-4-8(11(16)17)5-14-10(9)7-15;1-3-2/h4-5H,6-7H2,1-3H3,(H,16,17);3H2,1-2H3. The van der Waals surface area contributed by atoms with Crippen molar-refractivity contribution >= 4 is 12.1 Å². The van der Waals surface area contributed by atoms with Crippen molar-refractivity contribution in [2.24, 2.45) is 0 Å². The molecule has 1 amide bonds. The Morgan fingerprint density at radius 3 is 2.41 bits per heavy atom. The first kappa shape index (κ1) is 17.9. The van der Waals surface area contributed by atoms with Crippen LogP contribution in [-0.2, 0) is 17.8 Å². The van der Waals surface area contributed by atoms with Gasteiger partial charge in [0.15, 0.2) is 0 Å². The van der Waals surface area contributed by atoms with E-state index in [-0.39, 0.29) is 5.56 Å². The number of amides is 1. The molecule has 1 aliphatic rings. The Morgan fingerprint density at radius 2 is 1.91 bits per heavy atom. The number of hydrogen-bond donors (Lipinski definition) is 1. The van der Waals surface area contributed by atoms with Gasteiger partial charge in [-0.15, -0.1) is 0 Å². The van der Waals surface area contributed by atoms with Crippen LogP contribution in [0.4, 0.5) is 4.79 Å². The van der Waals surface area contributed by atoms with Crippen LogP contribution in [0.3, 0.4) is 0 Å². The van der Waals surface area contributed by atoms with Gasteiger partial charge in [0, 0.05) is 6.20 Å². The van der Waals surface area contributed by atoms with Gasteiger partial charge in [-0.3, -0.25) is 9.88 Å². The van der Waals surface area contributed by atoms with Crippen molar-refractivity contribution in [1.29, 1.82) is 0 Å². The number of carbonyl (C=O) groups excluding carboxylic acids is 1. The van der Waals surface area contributed by atoms with Gasteiger partial charge in [0.2, 0.25) is 0 Å². The molecule has 0 atom stereocenters. The van der Waals surface area contributed by atoms with Crippen LogP contribution in [0.25, 0.3) is 0 Å². The van der Waals surface area contributed by atoms with Gasteiger partial charge in [0.05, 0.1) is 24.3 Å². The lowest BCUT2D eigenvalue weighted by Crippen LogP contribution is -2.33. The number of aromatic carboxylic acids is 1. The van der Waals surface area contributed by atoms with Gasteiger partial charge in [0.25, 0.3) is 0 Å². The Labute approximate surface area is 131 Å². The van der Waals surface area contributed by atoms with Crippen LogP contribution in [0, 0.1) is 0 Å². The van der Waals surface area contributed by atoms with E-state index in [0.717, 1.165) is 11.3 Å². The van der Waals surface area contributed by atoms with Gasteiger partial charge >= 0.3 is 12.1 Å². The van der Waals surface area contributed by atoms with Gasteiger partial charge in [-0.2, -0.15) is 0 Å². The summed E-state index contributed by atoms with van der Waals surface area (Å²) in [4.78, 5) is 28.4. The minimum atomic E-state index is -1.02. The minimum absolute atomic E-state index is 0.129. The third-order valence-electron chi connectivity index (χ3n) is 2.66. The summed E-state index contributed by atoms with van der Waals surface area (Å²) in [6, 6.07) is 1.55. The van der Waals surface area contributed by atoms with Crippen LogP contribution in [0.5, 0.6) is 0 Å². The summed E-state index contributed by atoms with van der Waals surface area (Å²) in [5, 5.41) is 8.90. The molecule has 1 aromatic rings. The highest BCUT2D eigenvalue weighted by Crippen LogP contribution is 2.23. The van der Waals surface area contributed by atoms with E-state index in [1.54, 1.807) is 26.8 Å². The number of pyridine rings is 1. The zero-order valence-corrected chi connectivity index (χ0v) is 13.8. The SMILES string of the molecule is CC(C)(C)OC(=O)N1Cc2cc(C(=O)O)cnc2C1.CCC. The Hall–Kier alpha value is -2.11. The molecule has 0 aliphatic carbocycles. The maximum Gasteiger partial charge on any atom is 0.410 e. The zero-order valence-electron chi connectivity index (χ0n) is 13.8. The molecular formula is C16H24N2O4. The van der Waals surface area contributed by atoms with Crippen LogP contribution in [0.1, 0.15) is 62.7 Å². The van der Waals surface area contributed by atoms with Gasteiger partial charge in [0.1, 0.15) is 5.60 Å². The number of aromatic nitrogens is 1. The van der Waals surface area contributed by atoms with Crippen molar-refractivity contribution < 1.29 is 19.4 Å². The Bertz CT molecular complexity index is 550. The van der Waals surface area contributed by atoms with E-state index in [9.17, 15) is 9.59 Å². The first-order valence-electron chi connectivity index (χ1n) is 7.37. The third-order valence-corrected chi connectivity index (χ3v) is 2.66. The Kier molecular flexibility index (Phi) is 5.91. The molecule has 1 N–H and O–H groups in total. The average molecular weight is 308 g/mol. The molecule has 1 aromatic heterocycles. The largest absolute Gasteiger partial charge is 0.478 e. The highest BCUT2D eigenvalue weighted by Gasteiger charge is 2.29. The van der Waals surface area contributed by atoms with Crippen LogP contribution in [-0.4, -0.2) is 32.7 Å². The summed E-state index contributed by atoms with van der Waals surface area (Å²) < 4.78 is 5.27. The normalized spacial score (nSPS) is 13.0. The first-order chi connectivity index (χ1) is 10.2. The lowest BCUT2D eigenvalue weighted by molar-refractivity contribution is 0.0240. The monoisotopic (exact) mass is 308 g/mol. The molecule has 122 valence electrons. The summed E-state index contributed by atoms with van der Waals surface area (Å²) in [5.41, 5.74) is 1.05. The number of nitrogens with zero attached hydrogens (tertiary/aromatic N) is 2. The fraction of sp³-hybridized carbons (Fsp3) is 0.562. The molecule has 2 heterocycles. The molecule has 6 nitrogen and oxygen atoms in total. The molecule has 2 rings (SSSR count). The van der Waals surface area contributed by atoms with Gasteiger partial charge in [-0.1, -0.05) is 20.3 Å². The van der Waals surface area contributed by atoms with E-state index in [1.165, 1.54) is 17.5 Å². The highest BCUT2D eigenvalue weighted by molar-refractivity contribution is 5.87. The molecule has 0 bridgehead atoms. The molecule has 6 heteroatoms. The number of fused-ring (bicyclic) bond motifs is 1. The number of carboxylic acids is 1. The molecule has 0 saturated carbocycles. The fourth-order valence-corrected chi connectivity index (χ4v) is 1.83. The number of carbonyl (C=O) groups is 2. The quantitative estimate of drug-likeness (QED) is 0.859. The van der Waals surface area contributed by atoms with Crippen molar-refractivity contribution in [1.82, 2.24) is 9.88 Å². The summed E-state index contributed by atoms with van der Waals surface area (Å²) in [6.07, 6.45) is 2.14. The lowest BCUT2D eigenvalue weighted by Gasteiger charge is -2.23. The summed E-state index contributed by atoms with van der Waals surface area (Å²) in [6.45, 7) is 10.3. The predicted molar refractivity (Wildman–Crippen MR) is 82.6 cm³/mol. The van der Waals surface area contributed by atoms with Crippen molar-refractivity contribution in [2.45, 2.75) is 59.7 Å². The number of hydrogen-bond acceptors (Lipinski definition) is 4. The third kappa shape index (κ3) is 5.02. The molecule has 0 saturated heterocycles. The minimum Gasteiger partial charge on any atom is -0.478 e. The van der Waals surface area contributed by atoms with Crippen molar-refractivity contribution in [2.75, 3.05) is 0 Å². The summed E-state index contributed by atoms with van der Waals surface area (Å²) >= 11 is 0. The van der Waals surface area contributed by atoms with Crippen LogP contribution >= 0.6 is 0 Å². The zero-order chi connectivity index (χ0) is 16.9. The fourth-order valence-electron chi connectivity index (χ4n) is 1.83. The molecule has 22 heavy (non-hydrogen) atoms. The van der Waals surface area contributed by atoms with Gasteiger partial charge < -0.3 is 9.84 Å². The van der Waals surface area contributed by atoms with Gasteiger partial charge in [-0.25, -0.2) is 9.59 Å². The molecule has 0 aromatic carbocycles. The first-order valence-corrected chi connectivity index (χ1v) is 7.37. The number of carboxylic acid groups (broad SMARTS) is 1. The van der Waals surface area contributed by atoms with Gasteiger partial charge in [-0.05, 0) is 32.4 Å². The lowest BCUT2D eigenvalue weighted by atomic mass is 10.2. The molecule has 0 radical (unpaired) electrons. The maximum absolute atomic E-state index is 11.9.